The molecule has 1 fully saturated rings. The number of fused-ring (bicyclic) bond motifs is 1. The number of aromatic nitrogens is 3. The molecule has 3 heterocycles. The second-order valence-corrected chi connectivity index (χ2v) is 8.40. The highest BCUT2D eigenvalue weighted by Gasteiger charge is 2.49. The number of amides is 1. The summed E-state index contributed by atoms with van der Waals surface area (Å²) in [6.07, 6.45) is 1.90. The number of likely N-dealkylation sites (tertiary alicyclic amines) is 1. The Morgan fingerprint density at radius 3 is 2.55 bits per heavy atom. The van der Waals surface area contributed by atoms with Crippen LogP contribution in [-0.2, 0) is 23.8 Å². The van der Waals surface area contributed by atoms with Gasteiger partial charge in [-0.05, 0) is 20.8 Å². The molecule has 1 aliphatic heterocycles. The lowest BCUT2D eigenvalue weighted by Crippen LogP contribution is -2.44. The number of anilines is 1. The van der Waals surface area contributed by atoms with Gasteiger partial charge in [0.1, 0.15) is 36.2 Å². The van der Waals surface area contributed by atoms with Crippen LogP contribution in [0.25, 0.3) is 11.0 Å². The SMILES string of the molecule is CC(=O)OCC1CC(OC(C)=O)C(c2c[nH]c3c(N)ncnc23)N1C(=O)OC(C)(C)C. The summed E-state index contributed by atoms with van der Waals surface area (Å²) in [4.78, 5) is 49.2. The van der Waals surface area contributed by atoms with Gasteiger partial charge in [0.05, 0.1) is 11.6 Å². The van der Waals surface area contributed by atoms with Crippen LogP contribution in [0.3, 0.4) is 0 Å². The molecule has 0 bridgehead atoms. The summed E-state index contributed by atoms with van der Waals surface area (Å²) in [5, 5.41) is 0. The maximum atomic E-state index is 13.2. The van der Waals surface area contributed by atoms with Crippen molar-refractivity contribution in [2.24, 2.45) is 0 Å². The van der Waals surface area contributed by atoms with Gasteiger partial charge >= 0.3 is 18.0 Å². The van der Waals surface area contributed by atoms with Crippen LogP contribution in [0.1, 0.15) is 52.6 Å². The fraction of sp³-hybridized carbons (Fsp3) is 0.550. The molecule has 1 amide bonds. The van der Waals surface area contributed by atoms with E-state index in [-0.39, 0.29) is 18.8 Å². The lowest BCUT2D eigenvalue weighted by molar-refractivity contribution is -0.147. The quantitative estimate of drug-likeness (QED) is 0.545. The zero-order valence-corrected chi connectivity index (χ0v) is 18.2. The molecule has 1 aliphatic rings. The Balaban J connectivity index is 2.09. The minimum Gasteiger partial charge on any atom is -0.464 e. The van der Waals surface area contributed by atoms with Crippen molar-refractivity contribution in [3.63, 3.8) is 0 Å². The third-order valence-electron chi connectivity index (χ3n) is 4.79. The molecule has 1 saturated heterocycles. The summed E-state index contributed by atoms with van der Waals surface area (Å²) < 4.78 is 16.4. The Bertz CT molecular complexity index is 998. The Hall–Kier alpha value is -3.37. The topological polar surface area (TPSA) is 150 Å². The zero-order valence-electron chi connectivity index (χ0n) is 18.2. The molecule has 3 N–H and O–H groups in total. The Morgan fingerprint density at radius 2 is 1.94 bits per heavy atom. The van der Waals surface area contributed by atoms with Gasteiger partial charge in [-0.25, -0.2) is 14.8 Å². The number of nitrogens with one attached hydrogen (secondary N) is 1. The first kappa shape index (κ1) is 22.3. The van der Waals surface area contributed by atoms with Gasteiger partial charge in [-0.15, -0.1) is 0 Å². The van der Waals surface area contributed by atoms with E-state index in [4.69, 9.17) is 19.9 Å². The van der Waals surface area contributed by atoms with Gasteiger partial charge in [0.25, 0.3) is 0 Å². The van der Waals surface area contributed by atoms with Crippen LogP contribution < -0.4 is 5.73 Å². The number of nitrogens with zero attached hydrogens (tertiary/aromatic N) is 3. The van der Waals surface area contributed by atoms with Gasteiger partial charge < -0.3 is 24.9 Å². The summed E-state index contributed by atoms with van der Waals surface area (Å²) in [7, 11) is 0. The number of H-pyrrole nitrogens is 1. The number of aromatic amines is 1. The van der Waals surface area contributed by atoms with Crippen molar-refractivity contribution in [2.75, 3.05) is 12.3 Å². The molecule has 0 aromatic carbocycles. The van der Waals surface area contributed by atoms with Crippen molar-refractivity contribution in [1.82, 2.24) is 19.9 Å². The first-order valence-corrected chi connectivity index (χ1v) is 9.87. The molecule has 0 saturated carbocycles. The molecule has 3 atom stereocenters. The number of nitrogen functional groups attached to an aromatic ring is 1. The standard InChI is InChI=1S/C20H27N5O6/c1-10(26)29-8-12-6-14(30-11(2)27)17(25(12)19(28)31-20(3,4)5)13-7-22-16-15(13)23-9-24-18(16)21/h7,9,12,14,17,22H,6,8H2,1-5H3,(H2,21,23,24). The molecule has 2 aromatic rings. The number of hydrogen-bond acceptors (Lipinski definition) is 9. The second kappa shape index (κ2) is 8.40. The van der Waals surface area contributed by atoms with Crippen LogP contribution in [0.5, 0.6) is 0 Å². The van der Waals surface area contributed by atoms with Crippen LogP contribution in [0.2, 0.25) is 0 Å². The summed E-state index contributed by atoms with van der Waals surface area (Å²) in [6, 6.07) is -1.31. The molecule has 2 aromatic heterocycles. The molecular weight excluding hydrogens is 406 g/mol. The van der Waals surface area contributed by atoms with E-state index in [0.29, 0.717) is 16.6 Å². The van der Waals surface area contributed by atoms with Gasteiger partial charge in [-0.2, -0.15) is 0 Å². The van der Waals surface area contributed by atoms with E-state index in [0.717, 1.165) is 0 Å². The van der Waals surface area contributed by atoms with Crippen molar-refractivity contribution in [2.45, 2.75) is 64.8 Å². The van der Waals surface area contributed by atoms with Crippen molar-refractivity contribution in [3.05, 3.63) is 18.1 Å². The Labute approximate surface area is 179 Å². The van der Waals surface area contributed by atoms with Crippen LogP contribution >= 0.6 is 0 Å². The summed E-state index contributed by atoms with van der Waals surface area (Å²) in [5.74, 6) is -0.732. The average molecular weight is 433 g/mol. The molecule has 0 spiro atoms. The number of esters is 2. The molecule has 3 rings (SSSR count). The number of carbonyl (C=O) groups is 3. The molecule has 0 aliphatic carbocycles. The number of carbonyl (C=O) groups excluding carboxylic acids is 3. The van der Waals surface area contributed by atoms with Gasteiger partial charge in [0.2, 0.25) is 0 Å². The van der Waals surface area contributed by atoms with E-state index in [1.165, 1.54) is 25.1 Å². The monoisotopic (exact) mass is 433 g/mol. The van der Waals surface area contributed by atoms with Crippen molar-refractivity contribution in [3.8, 4) is 0 Å². The Kier molecular flexibility index (Phi) is 6.05. The summed E-state index contributed by atoms with van der Waals surface area (Å²) in [6.45, 7) is 7.76. The third kappa shape index (κ3) is 4.86. The normalized spacial score (nSPS) is 21.2. The fourth-order valence-electron chi connectivity index (χ4n) is 3.74. The van der Waals surface area contributed by atoms with E-state index in [2.05, 4.69) is 15.0 Å². The zero-order chi connectivity index (χ0) is 22.9. The molecule has 0 radical (unpaired) electrons. The minimum atomic E-state index is -0.764. The molecule has 3 unspecified atom stereocenters. The van der Waals surface area contributed by atoms with E-state index in [9.17, 15) is 14.4 Å². The van der Waals surface area contributed by atoms with Crippen LogP contribution in [-0.4, -0.2) is 62.2 Å². The number of nitrogens with two attached hydrogens (primary N) is 1. The van der Waals surface area contributed by atoms with Crippen molar-refractivity contribution in [1.29, 1.82) is 0 Å². The third-order valence-corrected chi connectivity index (χ3v) is 4.79. The predicted octanol–water partition coefficient (Wildman–Crippen LogP) is 2.09. The van der Waals surface area contributed by atoms with Gasteiger partial charge in [0.15, 0.2) is 5.82 Å². The number of ether oxygens (including phenoxy) is 3. The first-order chi connectivity index (χ1) is 14.5. The maximum Gasteiger partial charge on any atom is 0.411 e. The summed E-state index contributed by atoms with van der Waals surface area (Å²) >= 11 is 0. The highest BCUT2D eigenvalue weighted by atomic mass is 16.6. The minimum absolute atomic E-state index is 0.0671. The van der Waals surface area contributed by atoms with Gasteiger partial charge in [0, 0.05) is 32.0 Å². The molecular formula is C20H27N5O6. The van der Waals surface area contributed by atoms with E-state index >= 15 is 0 Å². The Morgan fingerprint density at radius 1 is 1.23 bits per heavy atom. The lowest BCUT2D eigenvalue weighted by atomic mass is 10.0. The molecule has 11 nitrogen and oxygen atoms in total. The van der Waals surface area contributed by atoms with E-state index < -0.39 is 41.8 Å². The smallest absolute Gasteiger partial charge is 0.411 e. The van der Waals surface area contributed by atoms with Crippen molar-refractivity contribution < 1.29 is 28.6 Å². The molecule has 168 valence electrons. The van der Waals surface area contributed by atoms with E-state index in [1.54, 1.807) is 27.0 Å². The highest BCUT2D eigenvalue weighted by molar-refractivity contribution is 5.88. The number of rotatable bonds is 4. The van der Waals surface area contributed by atoms with Crippen molar-refractivity contribution >= 4 is 34.9 Å². The van der Waals surface area contributed by atoms with Gasteiger partial charge in [-0.1, -0.05) is 0 Å². The lowest BCUT2D eigenvalue weighted by Gasteiger charge is -2.32. The van der Waals surface area contributed by atoms with Crippen LogP contribution in [0, 0.1) is 0 Å². The first-order valence-electron chi connectivity index (χ1n) is 9.87. The van der Waals surface area contributed by atoms with E-state index in [1.807, 2.05) is 0 Å². The van der Waals surface area contributed by atoms with Crippen LogP contribution in [0.4, 0.5) is 10.6 Å². The fourth-order valence-corrected chi connectivity index (χ4v) is 3.74. The summed E-state index contributed by atoms with van der Waals surface area (Å²) in [5.41, 5.74) is 6.77. The number of hydrogen-bond donors (Lipinski definition) is 2. The van der Waals surface area contributed by atoms with Gasteiger partial charge in [-0.3, -0.25) is 14.5 Å². The molecule has 31 heavy (non-hydrogen) atoms. The maximum absolute atomic E-state index is 13.2. The largest absolute Gasteiger partial charge is 0.464 e. The second-order valence-electron chi connectivity index (χ2n) is 8.40. The van der Waals surface area contributed by atoms with Crippen LogP contribution in [0.15, 0.2) is 12.5 Å². The molecule has 11 heteroatoms. The average Bonchev–Trinajstić information content (AvgIpc) is 3.20. The predicted molar refractivity (Wildman–Crippen MR) is 110 cm³/mol. The highest BCUT2D eigenvalue weighted by Crippen LogP contribution is 2.42.